The molecule has 1 aromatic carbocycles. The Bertz CT molecular complexity index is 1170. The van der Waals surface area contributed by atoms with Crippen LogP contribution < -0.4 is 10.5 Å². The van der Waals surface area contributed by atoms with Crippen molar-refractivity contribution in [3.63, 3.8) is 0 Å². The van der Waals surface area contributed by atoms with Gasteiger partial charge >= 0.3 is 6.09 Å². The van der Waals surface area contributed by atoms with Crippen LogP contribution in [0.25, 0.3) is 11.0 Å². The van der Waals surface area contributed by atoms with Gasteiger partial charge in [0.1, 0.15) is 22.7 Å². The third-order valence-corrected chi connectivity index (χ3v) is 6.36. The predicted octanol–water partition coefficient (Wildman–Crippen LogP) is 4.84. The number of hydrogen-bond donors (Lipinski definition) is 1. The highest BCUT2D eigenvalue weighted by Gasteiger charge is 2.30. The van der Waals surface area contributed by atoms with Gasteiger partial charge < -0.3 is 15.2 Å². The Balaban J connectivity index is 1.77. The summed E-state index contributed by atoms with van der Waals surface area (Å²) >= 11 is 0. The Morgan fingerprint density at radius 1 is 1.23 bits per heavy atom. The first-order valence-corrected chi connectivity index (χ1v) is 12.5. The molecule has 2 aromatic heterocycles. The van der Waals surface area contributed by atoms with Gasteiger partial charge in [-0.2, -0.15) is 0 Å². The maximum absolute atomic E-state index is 13.4. The zero-order valence-electron chi connectivity index (χ0n) is 21.3. The lowest BCUT2D eigenvalue weighted by Crippen LogP contribution is -2.35. The Kier molecular flexibility index (Phi) is 7.72. The molecule has 8 heteroatoms. The van der Waals surface area contributed by atoms with Crippen molar-refractivity contribution in [3.05, 3.63) is 53.6 Å². The van der Waals surface area contributed by atoms with Gasteiger partial charge in [0.25, 0.3) is 0 Å². The quantitative estimate of drug-likeness (QED) is 0.462. The molecule has 2 N–H and O–H groups in total. The van der Waals surface area contributed by atoms with Gasteiger partial charge in [0.05, 0.1) is 30.9 Å². The SMILES string of the molecule is COc1cccc2c1nc(CN(CCCCN)[C@H]1CCCc3cccnc31)n2C(=O)OC(C)(C)C. The fourth-order valence-electron chi connectivity index (χ4n) is 4.83. The molecule has 0 spiro atoms. The van der Waals surface area contributed by atoms with Crippen molar-refractivity contribution in [1.29, 1.82) is 0 Å². The monoisotopic (exact) mass is 479 g/mol. The van der Waals surface area contributed by atoms with Crippen molar-refractivity contribution >= 4 is 17.1 Å². The number of aryl methyl sites for hydroxylation is 1. The largest absolute Gasteiger partial charge is 0.494 e. The van der Waals surface area contributed by atoms with E-state index in [1.807, 2.05) is 51.2 Å². The lowest BCUT2D eigenvalue weighted by molar-refractivity contribution is 0.0530. The van der Waals surface area contributed by atoms with E-state index in [-0.39, 0.29) is 6.04 Å². The molecule has 1 atom stereocenters. The van der Waals surface area contributed by atoms with Crippen LogP contribution in [0.15, 0.2) is 36.5 Å². The van der Waals surface area contributed by atoms with Crippen molar-refractivity contribution in [2.75, 3.05) is 20.2 Å². The van der Waals surface area contributed by atoms with Crippen LogP contribution >= 0.6 is 0 Å². The van der Waals surface area contributed by atoms with E-state index in [0.29, 0.717) is 35.7 Å². The van der Waals surface area contributed by atoms with E-state index < -0.39 is 11.7 Å². The molecule has 3 aromatic rings. The number of unbranched alkanes of at least 4 members (excludes halogenated alkanes) is 1. The molecule has 4 rings (SSSR count). The second-order valence-corrected chi connectivity index (χ2v) is 10.1. The van der Waals surface area contributed by atoms with E-state index in [0.717, 1.165) is 44.3 Å². The Morgan fingerprint density at radius 2 is 2.06 bits per heavy atom. The summed E-state index contributed by atoms with van der Waals surface area (Å²) < 4.78 is 12.9. The van der Waals surface area contributed by atoms with Crippen molar-refractivity contribution in [3.8, 4) is 5.75 Å². The smallest absolute Gasteiger partial charge is 0.420 e. The molecule has 1 aliphatic rings. The molecule has 0 unspecified atom stereocenters. The van der Waals surface area contributed by atoms with Gasteiger partial charge in [0, 0.05) is 6.20 Å². The number of rotatable bonds is 8. The number of para-hydroxylation sites is 1. The molecule has 0 amide bonds. The van der Waals surface area contributed by atoms with E-state index in [1.165, 1.54) is 5.56 Å². The van der Waals surface area contributed by atoms with Crippen molar-refractivity contribution in [2.45, 2.75) is 71.1 Å². The number of nitrogens with zero attached hydrogens (tertiary/aromatic N) is 4. The van der Waals surface area contributed by atoms with E-state index in [9.17, 15) is 4.79 Å². The zero-order valence-corrected chi connectivity index (χ0v) is 21.3. The second-order valence-electron chi connectivity index (χ2n) is 10.1. The van der Waals surface area contributed by atoms with Crippen LogP contribution in [-0.2, 0) is 17.7 Å². The molecule has 0 fully saturated rings. The van der Waals surface area contributed by atoms with Gasteiger partial charge in [-0.3, -0.25) is 9.88 Å². The summed E-state index contributed by atoms with van der Waals surface area (Å²) in [4.78, 5) is 25.4. The summed E-state index contributed by atoms with van der Waals surface area (Å²) in [7, 11) is 1.62. The minimum Gasteiger partial charge on any atom is -0.494 e. The summed E-state index contributed by atoms with van der Waals surface area (Å²) in [5.41, 5.74) is 8.94. The molecule has 0 saturated carbocycles. The normalized spacial score (nSPS) is 15.9. The Hall–Kier alpha value is -2.97. The number of carbonyl (C=O) groups is 1. The molecule has 0 radical (unpaired) electrons. The first-order chi connectivity index (χ1) is 16.8. The summed E-state index contributed by atoms with van der Waals surface area (Å²) in [6.45, 7) is 7.59. The number of methoxy groups -OCH3 is 1. The number of hydrogen-bond acceptors (Lipinski definition) is 7. The van der Waals surface area contributed by atoms with Gasteiger partial charge in [-0.05, 0) is 89.7 Å². The fourth-order valence-corrected chi connectivity index (χ4v) is 4.83. The first kappa shape index (κ1) is 25.1. The zero-order chi connectivity index (χ0) is 25.0. The number of benzene rings is 1. The Labute approximate surface area is 207 Å². The minimum absolute atomic E-state index is 0.159. The van der Waals surface area contributed by atoms with Crippen molar-refractivity contribution in [1.82, 2.24) is 19.4 Å². The van der Waals surface area contributed by atoms with Crippen molar-refractivity contribution < 1.29 is 14.3 Å². The van der Waals surface area contributed by atoms with E-state index in [4.69, 9.17) is 25.2 Å². The number of fused-ring (bicyclic) bond motifs is 2. The number of carbonyl (C=O) groups excluding carboxylic acids is 1. The molecule has 0 aliphatic heterocycles. The number of imidazole rings is 1. The molecule has 1 aliphatic carbocycles. The maximum atomic E-state index is 13.4. The second kappa shape index (κ2) is 10.7. The van der Waals surface area contributed by atoms with Gasteiger partial charge in [-0.1, -0.05) is 12.1 Å². The number of aromatic nitrogens is 3. The number of ether oxygens (including phenoxy) is 2. The summed E-state index contributed by atoms with van der Waals surface area (Å²) in [5.74, 6) is 1.26. The molecule has 2 heterocycles. The molecule has 35 heavy (non-hydrogen) atoms. The average molecular weight is 480 g/mol. The highest BCUT2D eigenvalue weighted by atomic mass is 16.6. The van der Waals surface area contributed by atoms with E-state index >= 15 is 0 Å². The summed E-state index contributed by atoms with van der Waals surface area (Å²) in [5, 5.41) is 0. The topological polar surface area (TPSA) is 95.5 Å². The molecule has 188 valence electrons. The van der Waals surface area contributed by atoms with Crippen LogP contribution in [0.2, 0.25) is 0 Å². The van der Waals surface area contributed by atoms with Crippen LogP contribution in [0.4, 0.5) is 4.79 Å². The predicted molar refractivity (Wildman–Crippen MR) is 137 cm³/mol. The van der Waals surface area contributed by atoms with Gasteiger partial charge in [0.2, 0.25) is 0 Å². The summed E-state index contributed by atoms with van der Waals surface area (Å²) in [6.07, 6.45) is 6.50. The van der Waals surface area contributed by atoms with E-state index in [2.05, 4.69) is 11.0 Å². The first-order valence-electron chi connectivity index (χ1n) is 12.5. The lowest BCUT2D eigenvalue weighted by Gasteiger charge is -2.35. The third-order valence-electron chi connectivity index (χ3n) is 6.36. The number of pyridine rings is 1. The summed E-state index contributed by atoms with van der Waals surface area (Å²) in [6, 6.07) is 9.95. The molecule has 0 bridgehead atoms. The lowest BCUT2D eigenvalue weighted by atomic mass is 9.90. The number of nitrogens with two attached hydrogens (primary N) is 1. The highest BCUT2D eigenvalue weighted by molar-refractivity contribution is 5.91. The molecule has 0 saturated heterocycles. The van der Waals surface area contributed by atoms with Crippen molar-refractivity contribution in [2.24, 2.45) is 5.73 Å². The van der Waals surface area contributed by atoms with Gasteiger partial charge in [-0.15, -0.1) is 0 Å². The van der Waals surface area contributed by atoms with E-state index in [1.54, 1.807) is 11.7 Å². The van der Waals surface area contributed by atoms with Crippen LogP contribution in [0.1, 0.15) is 69.6 Å². The van der Waals surface area contributed by atoms with Gasteiger partial charge in [-0.25, -0.2) is 14.3 Å². The van der Waals surface area contributed by atoms with Crippen LogP contribution in [-0.4, -0.2) is 51.3 Å². The fraction of sp³-hybridized carbons (Fsp3) is 0.519. The van der Waals surface area contributed by atoms with Crippen LogP contribution in [0.5, 0.6) is 5.75 Å². The Morgan fingerprint density at radius 3 is 2.80 bits per heavy atom. The standard InChI is InChI=1S/C27H37N5O3/c1-27(2,3)35-26(33)32-21-13-8-14-22(34-4)25(21)30-23(32)18-31(17-6-5-15-28)20-12-7-10-19-11-9-16-29-24(19)20/h8-9,11,13-14,16,20H,5-7,10,12,15,17-18,28H2,1-4H3/t20-/m0/s1. The molecular weight excluding hydrogens is 442 g/mol. The van der Waals surface area contributed by atoms with Crippen LogP contribution in [0, 0.1) is 0 Å². The average Bonchev–Trinajstić information content (AvgIpc) is 3.20. The molecule has 8 nitrogen and oxygen atoms in total. The third kappa shape index (κ3) is 5.65. The highest BCUT2D eigenvalue weighted by Crippen LogP contribution is 2.35. The minimum atomic E-state index is -0.628. The van der Waals surface area contributed by atoms with Gasteiger partial charge in [0.15, 0.2) is 0 Å². The van der Waals surface area contributed by atoms with Crippen LogP contribution in [0.3, 0.4) is 0 Å². The molecular formula is C27H37N5O3. The maximum Gasteiger partial charge on any atom is 0.420 e.